The molecule has 3 heteroatoms. The Balaban J connectivity index is 1.75. The molecule has 2 aliphatic rings. The largest absolute Gasteiger partial charge is 0.466 e. The van der Waals surface area contributed by atoms with Gasteiger partial charge in [0, 0.05) is 6.04 Å². The van der Waals surface area contributed by atoms with Gasteiger partial charge < -0.3 is 9.64 Å². The van der Waals surface area contributed by atoms with Crippen LogP contribution in [0.1, 0.15) is 51.9 Å². The fraction of sp³-hybridized carbons (Fsp3) is 0.929. The van der Waals surface area contributed by atoms with Crippen molar-refractivity contribution in [1.29, 1.82) is 0 Å². The van der Waals surface area contributed by atoms with Gasteiger partial charge >= 0.3 is 5.97 Å². The number of ether oxygens (including phenoxy) is 1. The summed E-state index contributed by atoms with van der Waals surface area (Å²) in [6, 6.07) is 0.737. The summed E-state index contributed by atoms with van der Waals surface area (Å²) in [6.45, 7) is 4.95. The lowest BCUT2D eigenvalue weighted by Crippen LogP contribution is -2.42. The monoisotopic (exact) mass is 239 g/mol. The maximum atomic E-state index is 11.6. The molecule has 0 aromatic rings. The molecule has 0 spiro atoms. The van der Waals surface area contributed by atoms with E-state index in [1.807, 2.05) is 6.92 Å². The topological polar surface area (TPSA) is 29.5 Å². The molecule has 1 saturated heterocycles. The fourth-order valence-electron chi connectivity index (χ4n) is 3.22. The Morgan fingerprint density at radius 1 is 1.12 bits per heavy atom. The molecular weight excluding hydrogens is 214 g/mol. The zero-order valence-corrected chi connectivity index (χ0v) is 11.0. The van der Waals surface area contributed by atoms with Gasteiger partial charge in [0.15, 0.2) is 0 Å². The lowest BCUT2D eigenvalue weighted by molar-refractivity contribution is -0.149. The van der Waals surface area contributed by atoms with E-state index in [4.69, 9.17) is 4.74 Å². The van der Waals surface area contributed by atoms with Crippen molar-refractivity contribution in [2.45, 2.75) is 57.9 Å². The van der Waals surface area contributed by atoms with E-state index in [0.717, 1.165) is 18.9 Å². The lowest BCUT2D eigenvalue weighted by atomic mass is 9.85. The highest BCUT2D eigenvalue weighted by Gasteiger charge is 2.30. The van der Waals surface area contributed by atoms with Crippen LogP contribution in [0.5, 0.6) is 0 Å². The molecule has 0 aromatic heterocycles. The quantitative estimate of drug-likeness (QED) is 0.709. The molecule has 0 N–H and O–H groups in total. The number of nitrogens with zero attached hydrogens (tertiary/aromatic N) is 1. The van der Waals surface area contributed by atoms with Gasteiger partial charge in [-0.25, -0.2) is 0 Å². The zero-order valence-electron chi connectivity index (χ0n) is 11.0. The predicted molar refractivity (Wildman–Crippen MR) is 67.8 cm³/mol. The second-order valence-corrected chi connectivity index (χ2v) is 5.35. The molecule has 1 aliphatic heterocycles. The minimum Gasteiger partial charge on any atom is -0.466 e. The molecule has 2 fully saturated rings. The Morgan fingerprint density at radius 3 is 2.35 bits per heavy atom. The van der Waals surface area contributed by atoms with Crippen LogP contribution in [-0.4, -0.2) is 36.6 Å². The highest BCUT2D eigenvalue weighted by molar-refractivity contribution is 5.72. The number of likely N-dealkylation sites (tertiary alicyclic amines) is 1. The molecule has 1 aliphatic carbocycles. The Morgan fingerprint density at radius 2 is 1.76 bits per heavy atom. The fourth-order valence-corrected chi connectivity index (χ4v) is 3.22. The summed E-state index contributed by atoms with van der Waals surface area (Å²) in [6.07, 6.45) is 8.54. The van der Waals surface area contributed by atoms with E-state index in [-0.39, 0.29) is 11.9 Å². The highest BCUT2D eigenvalue weighted by Crippen LogP contribution is 2.29. The van der Waals surface area contributed by atoms with Crippen molar-refractivity contribution in [2.24, 2.45) is 5.92 Å². The number of carbonyl (C=O) groups is 1. The van der Waals surface area contributed by atoms with Gasteiger partial charge in [-0.2, -0.15) is 0 Å². The number of piperidine rings is 1. The Labute approximate surface area is 105 Å². The average molecular weight is 239 g/mol. The first kappa shape index (κ1) is 12.9. The summed E-state index contributed by atoms with van der Waals surface area (Å²) in [5.74, 6) is 0.209. The van der Waals surface area contributed by atoms with Gasteiger partial charge in [-0.15, -0.1) is 0 Å². The van der Waals surface area contributed by atoms with E-state index in [0.29, 0.717) is 6.61 Å². The van der Waals surface area contributed by atoms with Crippen LogP contribution in [0.15, 0.2) is 0 Å². The zero-order chi connectivity index (χ0) is 12.1. The van der Waals surface area contributed by atoms with Gasteiger partial charge in [0.1, 0.15) is 0 Å². The van der Waals surface area contributed by atoms with E-state index < -0.39 is 0 Å². The van der Waals surface area contributed by atoms with Crippen LogP contribution in [0.3, 0.4) is 0 Å². The average Bonchev–Trinajstić information content (AvgIpc) is 2.40. The molecule has 17 heavy (non-hydrogen) atoms. The predicted octanol–water partition coefficient (Wildman–Crippen LogP) is 2.59. The summed E-state index contributed by atoms with van der Waals surface area (Å²) in [7, 11) is 0. The van der Waals surface area contributed by atoms with E-state index in [2.05, 4.69) is 4.90 Å². The summed E-state index contributed by atoms with van der Waals surface area (Å²) in [4.78, 5) is 14.3. The van der Waals surface area contributed by atoms with Gasteiger partial charge in [-0.1, -0.05) is 6.42 Å². The van der Waals surface area contributed by atoms with Gasteiger partial charge in [0.25, 0.3) is 0 Å². The minimum atomic E-state index is 0.0320. The van der Waals surface area contributed by atoms with Crippen LogP contribution in [0.2, 0.25) is 0 Å². The van der Waals surface area contributed by atoms with Crippen LogP contribution in [0.25, 0.3) is 0 Å². The third kappa shape index (κ3) is 3.44. The molecule has 0 aromatic carbocycles. The van der Waals surface area contributed by atoms with Crippen LogP contribution < -0.4 is 0 Å². The van der Waals surface area contributed by atoms with Gasteiger partial charge in [0.2, 0.25) is 0 Å². The van der Waals surface area contributed by atoms with Gasteiger partial charge in [0.05, 0.1) is 12.5 Å². The standard InChI is InChI=1S/C14H25NO2/c1-2-17-14(16)12-6-8-13(9-7-12)15-10-4-3-5-11-15/h12-13H,2-11H2,1H3/t12-,13-. The van der Waals surface area contributed by atoms with Crippen LogP contribution in [0, 0.1) is 5.92 Å². The maximum Gasteiger partial charge on any atom is 0.308 e. The number of hydrogen-bond acceptors (Lipinski definition) is 3. The van der Waals surface area contributed by atoms with Crippen molar-refractivity contribution in [3.05, 3.63) is 0 Å². The number of esters is 1. The smallest absolute Gasteiger partial charge is 0.308 e. The Kier molecular flexibility index (Phi) is 4.84. The second-order valence-electron chi connectivity index (χ2n) is 5.35. The summed E-state index contributed by atoms with van der Waals surface area (Å²) in [5.41, 5.74) is 0. The number of rotatable bonds is 3. The van der Waals surface area contributed by atoms with Crippen molar-refractivity contribution in [3.63, 3.8) is 0 Å². The molecule has 1 saturated carbocycles. The molecule has 0 radical (unpaired) electrons. The summed E-state index contributed by atoms with van der Waals surface area (Å²) >= 11 is 0. The van der Waals surface area contributed by atoms with Crippen molar-refractivity contribution in [2.75, 3.05) is 19.7 Å². The molecule has 0 amide bonds. The first-order valence-corrected chi connectivity index (χ1v) is 7.22. The molecule has 1 heterocycles. The van der Waals surface area contributed by atoms with Crippen molar-refractivity contribution in [1.82, 2.24) is 4.90 Å². The van der Waals surface area contributed by atoms with E-state index in [1.165, 1.54) is 45.2 Å². The SMILES string of the molecule is CCOC(=O)[C@H]1CC[C@H](N2CCCCC2)CC1. The van der Waals surface area contributed by atoms with Crippen molar-refractivity contribution >= 4 is 5.97 Å². The van der Waals surface area contributed by atoms with Crippen LogP contribution in [-0.2, 0) is 9.53 Å². The van der Waals surface area contributed by atoms with E-state index >= 15 is 0 Å². The summed E-state index contributed by atoms with van der Waals surface area (Å²) < 4.78 is 5.11. The Hall–Kier alpha value is -0.570. The summed E-state index contributed by atoms with van der Waals surface area (Å²) in [5, 5.41) is 0. The normalized spacial score (nSPS) is 31.1. The number of hydrogen-bond donors (Lipinski definition) is 0. The first-order chi connectivity index (χ1) is 8.31. The lowest BCUT2D eigenvalue weighted by Gasteiger charge is -2.38. The molecule has 0 unspecified atom stereocenters. The third-order valence-electron chi connectivity index (χ3n) is 4.22. The van der Waals surface area contributed by atoms with Gasteiger partial charge in [-0.3, -0.25) is 4.79 Å². The number of carbonyl (C=O) groups excluding carboxylic acids is 1. The molecular formula is C14H25NO2. The molecule has 0 bridgehead atoms. The van der Waals surface area contributed by atoms with Crippen molar-refractivity contribution in [3.8, 4) is 0 Å². The van der Waals surface area contributed by atoms with Crippen LogP contribution in [0.4, 0.5) is 0 Å². The third-order valence-corrected chi connectivity index (χ3v) is 4.22. The molecule has 2 rings (SSSR count). The highest BCUT2D eigenvalue weighted by atomic mass is 16.5. The van der Waals surface area contributed by atoms with E-state index in [1.54, 1.807) is 0 Å². The van der Waals surface area contributed by atoms with Crippen molar-refractivity contribution < 1.29 is 9.53 Å². The Bertz CT molecular complexity index is 241. The molecule has 0 atom stereocenters. The first-order valence-electron chi connectivity index (χ1n) is 7.22. The van der Waals surface area contributed by atoms with Crippen LogP contribution >= 0.6 is 0 Å². The van der Waals surface area contributed by atoms with E-state index in [9.17, 15) is 4.79 Å². The molecule has 3 nitrogen and oxygen atoms in total. The molecule has 98 valence electrons. The minimum absolute atomic E-state index is 0.0320. The van der Waals surface area contributed by atoms with Gasteiger partial charge in [-0.05, 0) is 58.5 Å². The maximum absolute atomic E-state index is 11.6. The second kappa shape index (κ2) is 6.39.